The van der Waals surface area contributed by atoms with Gasteiger partial charge in [-0.25, -0.2) is 0 Å². The van der Waals surface area contributed by atoms with Gasteiger partial charge in [-0.15, -0.1) is 0 Å². The first-order chi connectivity index (χ1) is 8.04. The molecule has 0 fully saturated rings. The summed E-state index contributed by atoms with van der Waals surface area (Å²) in [6.45, 7) is 8.68. The van der Waals surface area contributed by atoms with Crippen molar-refractivity contribution in [3.05, 3.63) is 0 Å². The fraction of sp³-hybridized carbons (Fsp3) is 0.750. The lowest BCUT2D eigenvalue weighted by Gasteiger charge is -2.25. The van der Waals surface area contributed by atoms with Gasteiger partial charge in [-0.05, 0) is 0 Å². The van der Waals surface area contributed by atoms with Gasteiger partial charge >= 0.3 is 0 Å². The lowest BCUT2D eigenvalue weighted by Crippen LogP contribution is -2.53. The summed E-state index contributed by atoms with van der Waals surface area (Å²) in [5.74, 6) is -1.31. The Morgan fingerprint density at radius 3 is 1.94 bits per heavy atom. The highest BCUT2D eigenvalue weighted by Crippen LogP contribution is 2.13. The smallest absolute Gasteiger partial charge is 0.226 e. The molecule has 0 bridgehead atoms. The van der Waals surface area contributed by atoms with Crippen LogP contribution in [0.5, 0.6) is 0 Å². The Kier molecular flexibility index (Phi) is 5.81. The predicted molar refractivity (Wildman–Crippen MR) is 68.2 cm³/mol. The monoisotopic (exact) mass is 257 g/mol. The Bertz CT molecular complexity index is 332. The Morgan fingerprint density at radius 2 is 1.61 bits per heavy atom. The van der Waals surface area contributed by atoms with Crippen molar-refractivity contribution in [1.29, 1.82) is 0 Å². The van der Waals surface area contributed by atoms with E-state index < -0.39 is 17.5 Å². The molecule has 6 heteroatoms. The lowest BCUT2D eigenvalue weighted by molar-refractivity contribution is -0.131. The molecule has 0 aliphatic heterocycles. The molecule has 104 valence electrons. The summed E-state index contributed by atoms with van der Waals surface area (Å²) in [7, 11) is 0. The molecule has 0 aliphatic rings. The van der Waals surface area contributed by atoms with Crippen molar-refractivity contribution in [2.24, 2.45) is 17.1 Å². The Labute approximate surface area is 108 Å². The van der Waals surface area contributed by atoms with Crippen LogP contribution in [0.4, 0.5) is 0 Å². The number of carbonyl (C=O) groups excluding carboxylic acids is 3. The molecule has 0 aromatic rings. The maximum absolute atomic E-state index is 11.8. The average molecular weight is 257 g/mol. The van der Waals surface area contributed by atoms with E-state index in [1.54, 1.807) is 34.6 Å². The standard InChI is InChI=1S/C12H23N3O3/c1-7(2)10(17)14-9(6-8(13)16)15-11(18)12(3,4)5/h7,9H,6H2,1-5H3,(H2,13,16)(H,14,17)(H,15,18). The average Bonchev–Trinajstić information content (AvgIpc) is 2.14. The molecule has 0 spiro atoms. The molecule has 3 amide bonds. The van der Waals surface area contributed by atoms with E-state index in [1.165, 1.54) is 0 Å². The van der Waals surface area contributed by atoms with Crippen LogP contribution in [0.2, 0.25) is 0 Å². The predicted octanol–water partition coefficient (Wildman–Crippen LogP) is 0.122. The van der Waals surface area contributed by atoms with Crippen molar-refractivity contribution in [2.75, 3.05) is 0 Å². The van der Waals surface area contributed by atoms with E-state index in [1.807, 2.05) is 0 Å². The minimum atomic E-state index is -0.760. The zero-order valence-corrected chi connectivity index (χ0v) is 11.7. The number of hydrogen-bond acceptors (Lipinski definition) is 3. The molecule has 1 atom stereocenters. The number of carbonyl (C=O) groups is 3. The lowest BCUT2D eigenvalue weighted by atomic mass is 9.95. The third-order valence-electron chi connectivity index (χ3n) is 2.23. The second kappa shape index (κ2) is 6.37. The van der Waals surface area contributed by atoms with Gasteiger partial charge in [0.15, 0.2) is 0 Å². The van der Waals surface area contributed by atoms with E-state index in [4.69, 9.17) is 5.73 Å². The highest BCUT2D eigenvalue weighted by atomic mass is 16.2. The van der Waals surface area contributed by atoms with Gasteiger partial charge in [0.1, 0.15) is 6.17 Å². The molecule has 6 nitrogen and oxygen atoms in total. The topological polar surface area (TPSA) is 101 Å². The maximum Gasteiger partial charge on any atom is 0.226 e. The molecule has 0 aliphatic carbocycles. The minimum Gasteiger partial charge on any atom is -0.370 e. The van der Waals surface area contributed by atoms with Crippen molar-refractivity contribution in [2.45, 2.75) is 47.2 Å². The first kappa shape index (κ1) is 16.4. The fourth-order valence-electron chi connectivity index (χ4n) is 1.05. The van der Waals surface area contributed by atoms with E-state index in [0.717, 1.165) is 0 Å². The SMILES string of the molecule is CC(C)C(=O)NC(CC(N)=O)NC(=O)C(C)(C)C. The Balaban J connectivity index is 4.65. The van der Waals surface area contributed by atoms with Crippen LogP contribution < -0.4 is 16.4 Å². The van der Waals surface area contributed by atoms with Gasteiger partial charge in [0.2, 0.25) is 17.7 Å². The molecule has 0 heterocycles. The van der Waals surface area contributed by atoms with E-state index >= 15 is 0 Å². The highest BCUT2D eigenvalue weighted by molar-refractivity contribution is 5.84. The normalized spacial score (nSPS) is 13.0. The molecule has 1 unspecified atom stereocenters. The Morgan fingerprint density at radius 1 is 1.11 bits per heavy atom. The van der Waals surface area contributed by atoms with Crippen LogP contribution in [0.25, 0.3) is 0 Å². The van der Waals surface area contributed by atoms with Crippen molar-refractivity contribution < 1.29 is 14.4 Å². The van der Waals surface area contributed by atoms with Crippen molar-refractivity contribution in [1.82, 2.24) is 10.6 Å². The molecular weight excluding hydrogens is 234 g/mol. The van der Waals surface area contributed by atoms with Crippen LogP contribution in [-0.4, -0.2) is 23.9 Å². The van der Waals surface area contributed by atoms with Gasteiger partial charge in [-0.2, -0.15) is 0 Å². The van der Waals surface area contributed by atoms with E-state index in [9.17, 15) is 14.4 Å². The molecule has 4 N–H and O–H groups in total. The van der Waals surface area contributed by atoms with Crippen LogP contribution >= 0.6 is 0 Å². The van der Waals surface area contributed by atoms with Crippen LogP contribution in [0.1, 0.15) is 41.0 Å². The zero-order valence-electron chi connectivity index (χ0n) is 11.7. The van der Waals surface area contributed by atoms with Crippen LogP contribution in [0.3, 0.4) is 0 Å². The van der Waals surface area contributed by atoms with Gasteiger partial charge in [-0.3, -0.25) is 14.4 Å². The number of hydrogen-bond donors (Lipinski definition) is 3. The molecule has 0 radical (unpaired) electrons. The second-order valence-corrected chi connectivity index (χ2v) is 5.61. The number of nitrogens with one attached hydrogen (secondary N) is 2. The van der Waals surface area contributed by atoms with Crippen molar-refractivity contribution in [3.63, 3.8) is 0 Å². The van der Waals surface area contributed by atoms with Gasteiger partial charge < -0.3 is 16.4 Å². The molecule has 0 saturated heterocycles. The van der Waals surface area contributed by atoms with Gasteiger partial charge in [0.05, 0.1) is 6.42 Å². The van der Waals surface area contributed by atoms with Crippen molar-refractivity contribution >= 4 is 17.7 Å². The quantitative estimate of drug-likeness (QED) is 0.610. The number of primary amides is 1. The summed E-state index contributed by atoms with van der Waals surface area (Å²) in [5, 5.41) is 5.18. The van der Waals surface area contributed by atoms with Crippen LogP contribution in [-0.2, 0) is 14.4 Å². The summed E-state index contributed by atoms with van der Waals surface area (Å²) in [6, 6.07) is 0. The number of amides is 3. The fourth-order valence-corrected chi connectivity index (χ4v) is 1.05. The Hall–Kier alpha value is -1.59. The summed E-state index contributed by atoms with van der Waals surface area (Å²) >= 11 is 0. The summed E-state index contributed by atoms with van der Waals surface area (Å²) in [6.07, 6.45) is -0.885. The third-order valence-corrected chi connectivity index (χ3v) is 2.23. The summed E-state index contributed by atoms with van der Waals surface area (Å²) < 4.78 is 0. The van der Waals surface area contributed by atoms with E-state index in [2.05, 4.69) is 10.6 Å². The zero-order chi connectivity index (χ0) is 14.5. The molecular formula is C12H23N3O3. The number of nitrogens with two attached hydrogens (primary N) is 1. The highest BCUT2D eigenvalue weighted by Gasteiger charge is 2.25. The second-order valence-electron chi connectivity index (χ2n) is 5.61. The first-order valence-electron chi connectivity index (χ1n) is 5.93. The molecule has 0 saturated carbocycles. The van der Waals surface area contributed by atoms with Gasteiger partial charge in [-0.1, -0.05) is 34.6 Å². The minimum absolute atomic E-state index is 0.125. The summed E-state index contributed by atoms with van der Waals surface area (Å²) in [5.41, 5.74) is 4.49. The van der Waals surface area contributed by atoms with Gasteiger partial charge in [0, 0.05) is 11.3 Å². The van der Waals surface area contributed by atoms with Crippen LogP contribution in [0.15, 0.2) is 0 Å². The molecule has 0 aromatic carbocycles. The summed E-state index contributed by atoms with van der Waals surface area (Å²) in [4.78, 5) is 34.3. The van der Waals surface area contributed by atoms with Crippen molar-refractivity contribution in [3.8, 4) is 0 Å². The molecule has 0 aromatic heterocycles. The first-order valence-corrected chi connectivity index (χ1v) is 5.93. The molecule has 0 rings (SSSR count). The molecule has 18 heavy (non-hydrogen) atoms. The van der Waals surface area contributed by atoms with E-state index in [-0.39, 0.29) is 24.2 Å². The van der Waals surface area contributed by atoms with Crippen LogP contribution in [0, 0.1) is 11.3 Å². The largest absolute Gasteiger partial charge is 0.370 e. The van der Waals surface area contributed by atoms with E-state index in [0.29, 0.717) is 0 Å². The maximum atomic E-state index is 11.8. The van der Waals surface area contributed by atoms with Gasteiger partial charge in [0.25, 0.3) is 0 Å². The number of rotatable bonds is 5. The third kappa shape index (κ3) is 6.22.